The molecule has 27 heavy (non-hydrogen) atoms. The molecule has 3 heterocycles. The van der Waals surface area contributed by atoms with E-state index in [9.17, 15) is 9.59 Å². The van der Waals surface area contributed by atoms with Crippen LogP contribution in [0.15, 0.2) is 41.0 Å². The highest BCUT2D eigenvalue weighted by Gasteiger charge is 2.27. The van der Waals surface area contributed by atoms with Crippen molar-refractivity contribution in [2.75, 3.05) is 18.4 Å². The number of hydrogen-bond donors (Lipinski definition) is 1. The summed E-state index contributed by atoms with van der Waals surface area (Å²) in [5, 5.41) is 11.7. The molecule has 0 radical (unpaired) electrons. The number of fused-ring (bicyclic) bond motifs is 1. The van der Waals surface area contributed by atoms with Gasteiger partial charge in [0.05, 0.1) is 17.3 Å². The lowest BCUT2D eigenvalue weighted by Gasteiger charge is -2.26. The van der Waals surface area contributed by atoms with Crippen LogP contribution in [0.2, 0.25) is 0 Å². The highest BCUT2D eigenvalue weighted by Crippen LogP contribution is 2.30. The minimum atomic E-state index is -0.127. The highest BCUT2D eigenvalue weighted by molar-refractivity contribution is 6.04. The van der Waals surface area contributed by atoms with Gasteiger partial charge in [0.15, 0.2) is 0 Å². The number of anilines is 1. The third-order valence-corrected chi connectivity index (χ3v) is 5.05. The second-order valence-corrected chi connectivity index (χ2v) is 6.77. The molecule has 2 aliphatic rings. The maximum atomic E-state index is 12.9. The molecule has 0 unspecified atom stereocenters. The van der Waals surface area contributed by atoms with Crippen LogP contribution in [0.25, 0.3) is 5.57 Å². The van der Waals surface area contributed by atoms with Crippen LogP contribution >= 0.6 is 0 Å². The predicted molar refractivity (Wildman–Crippen MR) is 99.9 cm³/mol. The van der Waals surface area contributed by atoms with Gasteiger partial charge < -0.3 is 14.6 Å². The average Bonchev–Trinajstić information content (AvgIpc) is 3.00. The number of hydrogen-bond acceptors (Lipinski definition) is 4. The van der Waals surface area contributed by atoms with Crippen molar-refractivity contribution >= 4 is 23.1 Å². The molecule has 4 rings (SSSR count). The van der Waals surface area contributed by atoms with Crippen molar-refractivity contribution in [1.29, 1.82) is 5.26 Å². The lowest BCUT2D eigenvalue weighted by atomic mass is 9.98. The molecular weight excluding hydrogens is 342 g/mol. The topological polar surface area (TPSA) is 86.3 Å². The predicted octanol–water partition coefficient (Wildman–Crippen LogP) is 3.36. The summed E-state index contributed by atoms with van der Waals surface area (Å²) in [6.07, 6.45) is 6.06. The van der Waals surface area contributed by atoms with E-state index in [1.807, 2.05) is 18.2 Å². The van der Waals surface area contributed by atoms with Crippen molar-refractivity contribution in [1.82, 2.24) is 4.90 Å². The number of nitrogens with one attached hydrogen (secondary N) is 1. The van der Waals surface area contributed by atoms with E-state index < -0.39 is 0 Å². The molecule has 0 saturated heterocycles. The van der Waals surface area contributed by atoms with E-state index >= 15 is 0 Å². The van der Waals surface area contributed by atoms with Crippen molar-refractivity contribution in [2.24, 2.45) is 0 Å². The SMILES string of the molecule is N#Cc1ccc(C2=CCN(C(=O)c3coc4c3NC(=O)CCC4)CC2)cc1. The monoisotopic (exact) mass is 361 g/mol. The number of nitrogens with zero attached hydrogens (tertiary/aromatic N) is 2. The van der Waals surface area contributed by atoms with E-state index in [2.05, 4.69) is 11.4 Å². The number of aryl methyl sites for hydroxylation is 1. The summed E-state index contributed by atoms with van der Waals surface area (Å²) in [6.45, 7) is 1.10. The van der Waals surface area contributed by atoms with Crippen LogP contribution in [0, 0.1) is 11.3 Å². The number of rotatable bonds is 2. The summed E-state index contributed by atoms with van der Waals surface area (Å²) in [6, 6.07) is 9.60. The summed E-state index contributed by atoms with van der Waals surface area (Å²) >= 11 is 0. The maximum Gasteiger partial charge on any atom is 0.259 e. The van der Waals surface area contributed by atoms with E-state index in [1.54, 1.807) is 17.0 Å². The van der Waals surface area contributed by atoms with Gasteiger partial charge in [-0.15, -0.1) is 0 Å². The first-order valence-electron chi connectivity index (χ1n) is 9.05. The second-order valence-electron chi connectivity index (χ2n) is 6.77. The number of furan rings is 1. The average molecular weight is 361 g/mol. The zero-order chi connectivity index (χ0) is 18.8. The van der Waals surface area contributed by atoms with Gasteiger partial charge in [-0.2, -0.15) is 5.26 Å². The normalized spacial score (nSPS) is 16.6. The summed E-state index contributed by atoms with van der Waals surface area (Å²) < 4.78 is 5.54. The molecule has 2 aliphatic heterocycles. The first kappa shape index (κ1) is 17.1. The Morgan fingerprint density at radius 1 is 1.19 bits per heavy atom. The van der Waals surface area contributed by atoms with Gasteiger partial charge in [0, 0.05) is 25.9 Å². The number of amides is 2. The van der Waals surface area contributed by atoms with E-state index in [-0.39, 0.29) is 11.8 Å². The van der Waals surface area contributed by atoms with Crippen LogP contribution in [-0.2, 0) is 11.2 Å². The van der Waals surface area contributed by atoms with Crippen LogP contribution in [0.3, 0.4) is 0 Å². The third-order valence-electron chi connectivity index (χ3n) is 5.05. The standard InChI is InChI=1S/C21H19N3O3/c22-12-14-4-6-15(7-5-14)16-8-10-24(11-9-16)21(26)17-13-27-18-2-1-3-19(25)23-20(17)18/h4-8,13H,1-3,9-11H2,(H,23,25). The Balaban J connectivity index is 1.50. The molecule has 0 atom stereocenters. The van der Waals surface area contributed by atoms with Gasteiger partial charge in [-0.05, 0) is 36.1 Å². The van der Waals surface area contributed by atoms with E-state index in [0.29, 0.717) is 48.5 Å². The second kappa shape index (κ2) is 7.12. The molecule has 136 valence electrons. The zero-order valence-corrected chi connectivity index (χ0v) is 14.8. The fourth-order valence-electron chi connectivity index (χ4n) is 3.53. The minimum Gasteiger partial charge on any atom is -0.466 e. The molecular formula is C21H19N3O3. The lowest BCUT2D eigenvalue weighted by Crippen LogP contribution is -2.35. The molecule has 0 aliphatic carbocycles. The van der Waals surface area contributed by atoms with Gasteiger partial charge in [-0.25, -0.2) is 0 Å². The summed E-state index contributed by atoms with van der Waals surface area (Å²) in [7, 11) is 0. The smallest absolute Gasteiger partial charge is 0.259 e. The van der Waals surface area contributed by atoms with Gasteiger partial charge in [0.25, 0.3) is 5.91 Å². The molecule has 1 aromatic carbocycles. The van der Waals surface area contributed by atoms with Crippen molar-refractivity contribution in [2.45, 2.75) is 25.7 Å². The van der Waals surface area contributed by atoms with Crippen LogP contribution < -0.4 is 5.32 Å². The molecule has 0 spiro atoms. The highest BCUT2D eigenvalue weighted by atomic mass is 16.3. The Labute approximate surface area is 157 Å². The van der Waals surface area contributed by atoms with Crippen LogP contribution in [-0.4, -0.2) is 29.8 Å². The summed E-state index contributed by atoms with van der Waals surface area (Å²) in [4.78, 5) is 26.5. The number of carbonyl (C=O) groups is 2. The molecule has 6 heteroatoms. The van der Waals surface area contributed by atoms with E-state index in [4.69, 9.17) is 9.68 Å². The van der Waals surface area contributed by atoms with Gasteiger partial charge in [-0.3, -0.25) is 9.59 Å². The Morgan fingerprint density at radius 3 is 2.70 bits per heavy atom. The first-order valence-corrected chi connectivity index (χ1v) is 9.05. The fraction of sp³-hybridized carbons (Fsp3) is 0.286. The lowest BCUT2D eigenvalue weighted by molar-refractivity contribution is -0.116. The minimum absolute atomic E-state index is 0.0779. The zero-order valence-electron chi connectivity index (χ0n) is 14.8. The van der Waals surface area contributed by atoms with Gasteiger partial charge >= 0.3 is 0 Å². The molecule has 6 nitrogen and oxygen atoms in total. The van der Waals surface area contributed by atoms with Gasteiger partial charge in [0.1, 0.15) is 17.6 Å². The first-order chi connectivity index (χ1) is 13.2. The third kappa shape index (κ3) is 3.36. The molecule has 0 fully saturated rings. The Hall–Kier alpha value is -3.33. The van der Waals surface area contributed by atoms with Gasteiger partial charge in [0.2, 0.25) is 5.91 Å². The van der Waals surface area contributed by atoms with Crippen molar-refractivity contribution in [3.8, 4) is 6.07 Å². The molecule has 2 aromatic rings. The number of benzene rings is 1. The Bertz CT molecular complexity index is 964. The number of nitriles is 1. The van der Waals surface area contributed by atoms with Crippen LogP contribution in [0.1, 0.15) is 46.5 Å². The molecule has 1 N–H and O–H groups in total. The maximum absolute atomic E-state index is 12.9. The summed E-state index contributed by atoms with van der Waals surface area (Å²) in [5.41, 5.74) is 3.84. The van der Waals surface area contributed by atoms with Gasteiger partial charge in [-0.1, -0.05) is 18.2 Å². The number of carbonyl (C=O) groups excluding carboxylic acids is 2. The molecule has 0 bridgehead atoms. The van der Waals surface area contributed by atoms with Crippen molar-refractivity contribution in [3.63, 3.8) is 0 Å². The van der Waals surface area contributed by atoms with Crippen molar-refractivity contribution < 1.29 is 14.0 Å². The molecule has 2 amide bonds. The van der Waals surface area contributed by atoms with Crippen LogP contribution in [0.5, 0.6) is 0 Å². The molecule has 0 saturated carbocycles. The quantitative estimate of drug-likeness (QED) is 0.889. The van der Waals surface area contributed by atoms with E-state index in [0.717, 1.165) is 18.4 Å². The van der Waals surface area contributed by atoms with E-state index in [1.165, 1.54) is 11.8 Å². The summed E-state index contributed by atoms with van der Waals surface area (Å²) in [5.74, 6) is 0.471. The Morgan fingerprint density at radius 2 is 2.00 bits per heavy atom. The van der Waals surface area contributed by atoms with Crippen LogP contribution in [0.4, 0.5) is 5.69 Å². The molecule has 1 aromatic heterocycles. The Kier molecular flexibility index (Phi) is 4.51. The fourth-order valence-corrected chi connectivity index (χ4v) is 3.53. The largest absolute Gasteiger partial charge is 0.466 e. The van der Waals surface area contributed by atoms with Crippen molar-refractivity contribution in [3.05, 3.63) is 59.1 Å².